The average molecular weight is 373 g/mol. The summed E-state index contributed by atoms with van der Waals surface area (Å²) in [6, 6.07) is 7.00. The molecule has 0 spiro atoms. The summed E-state index contributed by atoms with van der Waals surface area (Å²) in [5, 5.41) is 0.715. The van der Waals surface area contributed by atoms with Gasteiger partial charge in [-0.25, -0.2) is 0 Å². The van der Waals surface area contributed by atoms with Crippen molar-refractivity contribution in [1.82, 2.24) is 9.88 Å². The summed E-state index contributed by atoms with van der Waals surface area (Å²) in [5.41, 5.74) is 3.63. The lowest BCUT2D eigenvalue weighted by molar-refractivity contribution is 0.163. The van der Waals surface area contributed by atoms with E-state index in [4.69, 9.17) is 25.8 Å². The van der Waals surface area contributed by atoms with E-state index >= 15 is 0 Å². The van der Waals surface area contributed by atoms with E-state index in [2.05, 4.69) is 22.0 Å². The van der Waals surface area contributed by atoms with Crippen LogP contribution in [0.1, 0.15) is 42.6 Å². The molecular formula is C20H21ClN2O3. The summed E-state index contributed by atoms with van der Waals surface area (Å²) in [7, 11) is 0. The maximum absolute atomic E-state index is 6.22. The molecule has 3 aliphatic rings. The number of nitrogens with zero attached hydrogens (tertiary/aromatic N) is 2. The standard InChI is InChI=1S/C20H21ClN2O3/c1-2-24-18-8-20-19(25-11-26-20)5-12(18)10-23-14-3-4-17(23)15-6-13(21)9-22-16(15)7-14/h5-6,8-9,14,17H,2-4,7,10-11H2,1H3. The fourth-order valence-electron chi connectivity index (χ4n) is 4.47. The first-order valence-electron chi connectivity index (χ1n) is 9.18. The number of fused-ring (bicyclic) bond motifs is 5. The van der Waals surface area contributed by atoms with Gasteiger partial charge in [0.2, 0.25) is 6.79 Å². The van der Waals surface area contributed by atoms with Crippen molar-refractivity contribution in [2.75, 3.05) is 13.4 Å². The van der Waals surface area contributed by atoms with Gasteiger partial charge in [0.15, 0.2) is 11.5 Å². The normalized spacial score (nSPS) is 23.2. The summed E-state index contributed by atoms with van der Waals surface area (Å²) >= 11 is 6.22. The second-order valence-corrected chi connectivity index (χ2v) is 7.50. The second-order valence-electron chi connectivity index (χ2n) is 7.06. The van der Waals surface area contributed by atoms with Gasteiger partial charge in [0.1, 0.15) is 5.75 Å². The van der Waals surface area contributed by atoms with Crippen molar-refractivity contribution < 1.29 is 14.2 Å². The Kier molecular flexibility index (Phi) is 3.94. The van der Waals surface area contributed by atoms with Crippen molar-refractivity contribution in [2.45, 2.75) is 44.8 Å². The number of halogens is 1. The summed E-state index contributed by atoms with van der Waals surface area (Å²) in [4.78, 5) is 7.15. The molecule has 3 aliphatic heterocycles. The zero-order valence-electron chi connectivity index (χ0n) is 14.7. The molecule has 2 atom stereocenters. The Hall–Kier alpha value is -1.98. The van der Waals surface area contributed by atoms with E-state index in [0.717, 1.165) is 42.2 Å². The summed E-state index contributed by atoms with van der Waals surface area (Å²) in [5.74, 6) is 2.45. The van der Waals surface area contributed by atoms with Crippen molar-refractivity contribution in [3.8, 4) is 17.2 Å². The van der Waals surface area contributed by atoms with Crippen molar-refractivity contribution in [2.24, 2.45) is 0 Å². The minimum absolute atomic E-state index is 0.275. The SMILES string of the molecule is CCOc1cc2c(cc1CN1C3CCC1c1cc(Cl)cnc1C3)OCO2. The van der Waals surface area contributed by atoms with E-state index in [-0.39, 0.29) is 6.79 Å². The van der Waals surface area contributed by atoms with Gasteiger partial charge in [0.05, 0.1) is 11.6 Å². The van der Waals surface area contributed by atoms with Gasteiger partial charge in [0, 0.05) is 48.6 Å². The van der Waals surface area contributed by atoms with Gasteiger partial charge >= 0.3 is 0 Å². The average Bonchev–Trinajstić information content (AvgIpc) is 3.19. The number of benzene rings is 1. The van der Waals surface area contributed by atoms with Crippen molar-refractivity contribution in [3.05, 3.63) is 46.2 Å². The Bertz CT molecular complexity index is 857. The van der Waals surface area contributed by atoms with Crippen LogP contribution in [0.5, 0.6) is 17.2 Å². The first-order chi connectivity index (χ1) is 12.7. The topological polar surface area (TPSA) is 43.8 Å². The zero-order chi connectivity index (χ0) is 17.7. The van der Waals surface area contributed by atoms with Gasteiger partial charge in [-0.1, -0.05) is 11.6 Å². The largest absolute Gasteiger partial charge is 0.493 e. The highest BCUT2D eigenvalue weighted by molar-refractivity contribution is 6.30. The Morgan fingerprint density at radius 2 is 2.08 bits per heavy atom. The van der Waals surface area contributed by atoms with Gasteiger partial charge in [0.25, 0.3) is 0 Å². The quantitative estimate of drug-likeness (QED) is 0.807. The molecule has 136 valence electrons. The molecule has 4 heterocycles. The highest BCUT2D eigenvalue weighted by atomic mass is 35.5. The maximum atomic E-state index is 6.22. The molecule has 1 fully saturated rings. The van der Waals surface area contributed by atoms with E-state index in [1.807, 2.05) is 13.0 Å². The van der Waals surface area contributed by atoms with Gasteiger partial charge in [-0.2, -0.15) is 0 Å². The lowest BCUT2D eigenvalue weighted by atomic mass is 9.97. The van der Waals surface area contributed by atoms with E-state index in [9.17, 15) is 0 Å². The molecular weight excluding hydrogens is 352 g/mol. The monoisotopic (exact) mass is 372 g/mol. The van der Waals surface area contributed by atoms with Crippen LogP contribution >= 0.6 is 11.6 Å². The van der Waals surface area contributed by atoms with Crippen LogP contribution < -0.4 is 14.2 Å². The van der Waals surface area contributed by atoms with Crippen LogP contribution in [0.2, 0.25) is 5.02 Å². The molecule has 2 aromatic rings. The maximum Gasteiger partial charge on any atom is 0.231 e. The number of hydrogen-bond acceptors (Lipinski definition) is 5. The number of ether oxygens (including phenoxy) is 3. The minimum Gasteiger partial charge on any atom is -0.493 e. The minimum atomic E-state index is 0.275. The molecule has 1 aromatic carbocycles. The zero-order valence-corrected chi connectivity index (χ0v) is 15.5. The lowest BCUT2D eigenvalue weighted by Gasteiger charge is -2.36. The molecule has 1 saturated heterocycles. The third-order valence-electron chi connectivity index (χ3n) is 5.61. The second kappa shape index (κ2) is 6.32. The number of rotatable bonds is 4. The molecule has 5 nitrogen and oxygen atoms in total. The van der Waals surface area contributed by atoms with Crippen molar-refractivity contribution in [1.29, 1.82) is 0 Å². The summed E-state index contributed by atoms with van der Waals surface area (Å²) in [6.07, 6.45) is 5.08. The first kappa shape index (κ1) is 16.2. The predicted octanol–water partition coefficient (Wildman–Crippen LogP) is 4.12. The van der Waals surface area contributed by atoms with Crippen LogP contribution in [0, 0.1) is 0 Å². The molecule has 2 unspecified atom stereocenters. The molecule has 0 aliphatic carbocycles. The van der Waals surface area contributed by atoms with E-state index in [1.165, 1.54) is 17.7 Å². The smallest absolute Gasteiger partial charge is 0.231 e. The molecule has 0 N–H and O–H groups in total. The van der Waals surface area contributed by atoms with Gasteiger partial charge in [-0.15, -0.1) is 0 Å². The van der Waals surface area contributed by atoms with Crippen LogP contribution in [-0.2, 0) is 13.0 Å². The summed E-state index contributed by atoms with van der Waals surface area (Å²) in [6.45, 7) is 3.73. The van der Waals surface area contributed by atoms with Gasteiger partial charge in [-0.3, -0.25) is 9.88 Å². The van der Waals surface area contributed by atoms with Gasteiger partial charge in [-0.05, 0) is 37.5 Å². The number of hydrogen-bond donors (Lipinski definition) is 0. The number of aromatic nitrogens is 1. The molecule has 6 heteroatoms. The van der Waals surface area contributed by atoms with E-state index in [1.54, 1.807) is 6.20 Å². The molecule has 26 heavy (non-hydrogen) atoms. The van der Waals surface area contributed by atoms with Crippen molar-refractivity contribution in [3.63, 3.8) is 0 Å². The fourth-order valence-corrected chi connectivity index (χ4v) is 4.64. The molecule has 0 radical (unpaired) electrons. The predicted molar refractivity (Wildman–Crippen MR) is 98.0 cm³/mol. The van der Waals surface area contributed by atoms with E-state index in [0.29, 0.717) is 23.7 Å². The van der Waals surface area contributed by atoms with Crippen LogP contribution in [0.4, 0.5) is 0 Å². The Balaban J connectivity index is 1.49. The third-order valence-corrected chi connectivity index (χ3v) is 5.82. The van der Waals surface area contributed by atoms with Crippen LogP contribution in [0.15, 0.2) is 24.4 Å². The molecule has 2 bridgehead atoms. The van der Waals surface area contributed by atoms with Crippen LogP contribution in [-0.4, -0.2) is 29.3 Å². The van der Waals surface area contributed by atoms with E-state index < -0.39 is 0 Å². The van der Waals surface area contributed by atoms with Crippen LogP contribution in [0.3, 0.4) is 0 Å². The Labute approximate surface area is 157 Å². The first-order valence-corrected chi connectivity index (χ1v) is 9.56. The number of pyridine rings is 1. The third kappa shape index (κ3) is 2.61. The highest BCUT2D eigenvalue weighted by Gasteiger charge is 2.41. The van der Waals surface area contributed by atoms with Gasteiger partial charge < -0.3 is 14.2 Å². The fraction of sp³-hybridized carbons (Fsp3) is 0.450. The van der Waals surface area contributed by atoms with Crippen molar-refractivity contribution >= 4 is 11.6 Å². The highest BCUT2D eigenvalue weighted by Crippen LogP contribution is 2.46. The Morgan fingerprint density at radius 3 is 2.92 bits per heavy atom. The summed E-state index contributed by atoms with van der Waals surface area (Å²) < 4.78 is 17.0. The lowest BCUT2D eigenvalue weighted by Crippen LogP contribution is -2.37. The Morgan fingerprint density at radius 1 is 1.23 bits per heavy atom. The molecule has 5 rings (SSSR count). The van der Waals surface area contributed by atoms with Crippen LogP contribution in [0.25, 0.3) is 0 Å². The molecule has 1 aromatic heterocycles. The molecule has 0 amide bonds. The molecule has 0 saturated carbocycles.